The van der Waals surface area contributed by atoms with Gasteiger partial charge in [-0.2, -0.15) is 0 Å². The van der Waals surface area contributed by atoms with Crippen molar-refractivity contribution in [2.24, 2.45) is 4.99 Å². The standard InChI is InChI=1S/C21H28N6O3.HI/c1-5-22-21(24-14-20-26-25-19-8-6-7-11-27(19)20)23-10-9-16-17(29-3)12-15(28-2)13-18(16)30-4;/h6-8,11-13H,5,9-10,14H2,1-4H3,(H2,22,23,24);1H. The quantitative estimate of drug-likeness (QED) is 0.245. The number of nitrogens with one attached hydrogen (secondary N) is 2. The van der Waals surface area contributed by atoms with E-state index in [9.17, 15) is 0 Å². The van der Waals surface area contributed by atoms with Crippen LogP contribution in [0.1, 0.15) is 18.3 Å². The molecule has 0 aliphatic heterocycles. The first kappa shape index (κ1) is 24.5. The minimum Gasteiger partial charge on any atom is -0.496 e. The third kappa shape index (κ3) is 6.12. The Morgan fingerprint density at radius 3 is 2.42 bits per heavy atom. The van der Waals surface area contributed by atoms with Crippen LogP contribution in [0.15, 0.2) is 41.5 Å². The van der Waals surface area contributed by atoms with E-state index < -0.39 is 0 Å². The summed E-state index contributed by atoms with van der Waals surface area (Å²) in [4.78, 5) is 4.64. The predicted molar refractivity (Wildman–Crippen MR) is 131 cm³/mol. The summed E-state index contributed by atoms with van der Waals surface area (Å²) in [5.41, 5.74) is 1.77. The van der Waals surface area contributed by atoms with Crippen LogP contribution >= 0.6 is 24.0 Å². The van der Waals surface area contributed by atoms with E-state index in [-0.39, 0.29) is 24.0 Å². The SMILES string of the molecule is CCNC(=NCc1nnc2ccccn12)NCCc1c(OC)cc(OC)cc1OC.I. The van der Waals surface area contributed by atoms with Crippen LogP contribution in [0.5, 0.6) is 17.2 Å². The predicted octanol–water partition coefficient (Wildman–Crippen LogP) is 2.67. The van der Waals surface area contributed by atoms with Gasteiger partial charge < -0.3 is 24.8 Å². The van der Waals surface area contributed by atoms with Gasteiger partial charge in [-0.15, -0.1) is 34.2 Å². The maximum atomic E-state index is 5.52. The normalized spacial score (nSPS) is 11.0. The third-order valence-electron chi connectivity index (χ3n) is 4.59. The summed E-state index contributed by atoms with van der Waals surface area (Å²) >= 11 is 0. The number of rotatable bonds is 9. The molecular weight excluding hydrogens is 511 g/mol. The number of hydrogen-bond acceptors (Lipinski definition) is 6. The molecule has 0 saturated carbocycles. The molecule has 0 aliphatic rings. The van der Waals surface area contributed by atoms with Crippen molar-refractivity contribution in [2.45, 2.75) is 19.9 Å². The summed E-state index contributed by atoms with van der Waals surface area (Å²) in [6.07, 6.45) is 2.62. The van der Waals surface area contributed by atoms with Crippen LogP contribution in [0.25, 0.3) is 5.65 Å². The van der Waals surface area contributed by atoms with E-state index in [0.29, 0.717) is 31.2 Å². The van der Waals surface area contributed by atoms with Crippen molar-refractivity contribution < 1.29 is 14.2 Å². The molecule has 0 fully saturated rings. The molecule has 10 heteroatoms. The van der Waals surface area contributed by atoms with Crippen LogP contribution in [0.2, 0.25) is 0 Å². The number of aromatic nitrogens is 3. The molecule has 31 heavy (non-hydrogen) atoms. The van der Waals surface area contributed by atoms with Crippen LogP contribution in [0.3, 0.4) is 0 Å². The van der Waals surface area contributed by atoms with E-state index >= 15 is 0 Å². The number of benzene rings is 1. The molecule has 2 aromatic heterocycles. The molecule has 2 heterocycles. The zero-order chi connectivity index (χ0) is 21.3. The van der Waals surface area contributed by atoms with Gasteiger partial charge in [0.05, 0.1) is 21.3 Å². The second-order valence-electron chi connectivity index (χ2n) is 6.43. The Balaban J connectivity index is 0.00000341. The lowest BCUT2D eigenvalue weighted by Gasteiger charge is -2.16. The molecular formula is C21H29IN6O3. The Bertz CT molecular complexity index is 983. The maximum Gasteiger partial charge on any atom is 0.191 e. The topological polar surface area (TPSA) is 94.3 Å². The van der Waals surface area contributed by atoms with Crippen LogP contribution in [-0.4, -0.2) is 55.0 Å². The van der Waals surface area contributed by atoms with Crippen molar-refractivity contribution >= 4 is 35.6 Å². The largest absolute Gasteiger partial charge is 0.496 e. The molecule has 0 saturated heterocycles. The average Bonchev–Trinajstić information content (AvgIpc) is 3.20. The molecule has 0 aliphatic carbocycles. The van der Waals surface area contributed by atoms with Crippen LogP contribution in [0.4, 0.5) is 0 Å². The van der Waals surface area contributed by atoms with Gasteiger partial charge in [0.15, 0.2) is 17.4 Å². The highest BCUT2D eigenvalue weighted by molar-refractivity contribution is 14.0. The zero-order valence-corrected chi connectivity index (χ0v) is 20.5. The van der Waals surface area contributed by atoms with Crippen molar-refractivity contribution in [1.82, 2.24) is 25.2 Å². The molecule has 0 bridgehead atoms. The lowest BCUT2D eigenvalue weighted by molar-refractivity contribution is 0.368. The Hall–Kier alpha value is -2.76. The number of hydrogen-bond donors (Lipinski definition) is 2. The fraction of sp³-hybridized carbons (Fsp3) is 0.381. The highest BCUT2D eigenvalue weighted by Crippen LogP contribution is 2.34. The minimum atomic E-state index is 0. The van der Waals surface area contributed by atoms with Gasteiger partial charge in [-0.05, 0) is 25.5 Å². The molecule has 3 aromatic rings. The fourth-order valence-electron chi connectivity index (χ4n) is 3.12. The van der Waals surface area contributed by atoms with Gasteiger partial charge in [0.25, 0.3) is 0 Å². The van der Waals surface area contributed by atoms with Crippen molar-refractivity contribution in [1.29, 1.82) is 0 Å². The summed E-state index contributed by atoms with van der Waals surface area (Å²) < 4.78 is 18.3. The number of ether oxygens (including phenoxy) is 3. The summed E-state index contributed by atoms with van der Waals surface area (Å²) in [6.45, 7) is 3.84. The van der Waals surface area contributed by atoms with Crippen LogP contribution < -0.4 is 24.8 Å². The van der Waals surface area contributed by atoms with E-state index in [1.807, 2.05) is 47.9 Å². The summed E-state index contributed by atoms with van der Waals surface area (Å²) in [5, 5.41) is 15.0. The van der Waals surface area contributed by atoms with E-state index in [1.165, 1.54) is 0 Å². The van der Waals surface area contributed by atoms with E-state index in [0.717, 1.165) is 35.1 Å². The number of nitrogens with zero attached hydrogens (tertiary/aromatic N) is 4. The molecule has 0 atom stereocenters. The monoisotopic (exact) mass is 540 g/mol. The third-order valence-corrected chi connectivity index (χ3v) is 4.59. The fourth-order valence-corrected chi connectivity index (χ4v) is 3.12. The number of halogens is 1. The van der Waals surface area contributed by atoms with Crippen molar-refractivity contribution in [3.63, 3.8) is 0 Å². The number of methoxy groups -OCH3 is 3. The molecule has 168 valence electrons. The first-order valence-corrected chi connectivity index (χ1v) is 9.79. The number of fused-ring (bicyclic) bond motifs is 1. The lowest BCUT2D eigenvalue weighted by Crippen LogP contribution is -2.38. The molecule has 0 amide bonds. The first-order valence-electron chi connectivity index (χ1n) is 9.79. The summed E-state index contributed by atoms with van der Waals surface area (Å²) in [7, 11) is 4.90. The second-order valence-corrected chi connectivity index (χ2v) is 6.43. The van der Waals surface area contributed by atoms with Gasteiger partial charge in [0, 0.05) is 37.0 Å². The summed E-state index contributed by atoms with van der Waals surface area (Å²) in [6, 6.07) is 9.51. The highest BCUT2D eigenvalue weighted by Gasteiger charge is 2.13. The van der Waals surface area contributed by atoms with Gasteiger partial charge in [-0.25, -0.2) is 4.99 Å². The van der Waals surface area contributed by atoms with Crippen molar-refractivity contribution in [2.75, 3.05) is 34.4 Å². The molecule has 0 unspecified atom stereocenters. The molecule has 0 radical (unpaired) electrons. The van der Waals surface area contributed by atoms with Crippen molar-refractivity contribution in [3.05, 3.63) is 47.9 Å². The maximum absolute atomic E-state index is 5.52. The lowest BCUT2D eigenvalue weighted by atomic mass is 10.1. The Morgan fingerprint density at radius 1 is 1.03 bits per heavy atom. The molecule has 0 spiro atoms. The van der Waals surface area contributed by atoms with Gasteiger partial charge in [-0.3, -0.25) is 4.40 Å². The Labute approximate surface area is 199 Å². The average molecular weight is 540 g/mol. The number of guanidine groups is 1. The van der Waals surface area contributed by atoms with E-state index in [2.05, 4.69) is 25.8 Å². The molecule has 2 N–H and O–H groups in total. The Morgan fingerprint density at radius 2 is 1.77 bits per heavy atom. The van der Waals surface area contributed by atoms with Gasteiger partial charge in [0.2, 0.25) is 0 Å². The molecule has 9 nitrogen and oxygen atoms in total. The molecule has 1 aromatic carbocycles. The van der Waals surface area contributed by atoms with Crippen LogP contribution in [0, 0.1) is 0 Å². The number of pyridine rings is 1. The van der Waals surface area contributed by atoms with Gasteiger partial charge in [0.1, 0.15) is 23.8 Å². The van der Waals surface area contributed by atoms with Gasteiger partial charge in [-0.1, -0.05) is 6.07 Å². The zero-order valence-electron chi connectivity index (χ0n) is 18.2. The summed E-state index contributed by atoms with van der Waals surface area (Å²) in [5.74, 6) is 3.63. The van der Waals surface area contributed by atoms with Crippen LogP contribution in [-0.2, 0) is 13.0 Å². The van der Waals surface area contributed by atoms with E-state index in [1.54, 1.807) is 21.3 Å². The Kier molecular flexibility index (Phi) is 9.63. The smallest absolute Gasteiger partial charge is 0.191 e. The van der Waals surface area contributed by atoms with Crippen molar-refractivity contribution in [3.8, 4) is 17.2 Å². The minimum absolute atomic E-state index is 0. The van der Waals surface area contributed by atoms with E-state index in [4.69, 9.17) is 14.2 Å². The number of aliphatic imine (C=N–C) groups is 1. The second kappa shape index (κ2) is 12.2. The first-order chi connectivity index (χ1) is 14.7. The highest BCUT2D eigenvalue weighted by atomic mass is 127. The molecule has 3 rings (SSSR count). The van der Waals surface area contributed by atoms with Gasteiger partial charge >= 0.3 is 0 Å².